The number of fused-ring (bicyclic) bond motifs is 3. The third-order valence-electron chi connectivity index (χ3n) is 3.08. The Morgan fingerprint density at radius 3 is 2.90 bits per heavy atom. The molecule has 106 valence electrons. The number of esters is 1. The number of benzene rings is 1. The fourth-order valence-corrected chi connectivity index (χ4v) is 3.30. The lowest BCUT2D eigenvalue weighted by atomic mass is 10.1. The van der Waals surface area contributed by atoms with E-state index in [9.17, 15) is 9.59 Å². The predicted octanol–water partition coefficient (Wildman–Crippen LogP) is 4.09. The molecule has 0 saturated heterocycles. The molecule has 3 rings (SSSR count). The monoisotopic (exact) mass is 319 g/mol. The predicted molar refractivity (Wildman–Crippen MR) is 83.5 cm³/mol. The van der Waals surface area contributed by atoms with Crippen LogP contribution in [0.2, 0.25) is 5.15 Å². The van der Waals surface area contributed by atoms with Crippen molar-refractivity contribution in [3.63, 3.8) is 0 Å². The Labute approximate surface area is 129 Å². The first-order chi connectivity index (χ1) is 10.1. The van der Waals surface area contributed by atoms with Gasteiger partial charge in [0, 0.05) is 15.5 Å². The molecule has 0 amide bonds. The Kier molecular flexibility index (Phi) is 3.61. The number of nitrogens with zero attached hydrogens (tertiary/aromatic N) is 1. The summed E-state index contributed by atoms with van der Waals surface area (Å²) in [4.78, 5) is 27.6. The Hall–Kier alpha value is -1.98. The fourth-order valence-electron chi connectivity index (χ4n) is 2.14. The van der Waals surface area contributed by atoms with Crippen LogP contribution < -0.4 is 0 Å². The normalized spacial score (nSPS) is 11.0. The third-order valence-corrected chi connectivity index (χ3v) is 4.46. The molecule has 0 fully saturated rings. The van der Waals surface area contributed by atoms with Crippen molar-refractivity contribution in [1.82, 2.24) is 4.98 Å². The molecule has 1 aromatic carbocycles. The minimum Gasteiger partial charge on any atom is -0.462 e. The Bertz CT molecular complexity index is 872. The van der Waals surface area contributed by atoms with Crippen LogP contribution in [0.4, 0.5) is 0 Å². The summed E-state index contributed by atoms with van der Waals surface area (Å²) in [6.07, 6.45) is 0.673. The lowest BCUT2D eigenvalue weighted by Crippen LogP contribution is -2.01. The minimum absolute atomic E-state index is 0.178. The number of thiophene rings is 1. The van der Waals surface area contributed by atoms with Gasteiger partial charge in [-0.05, 0) is 31.2 Å². The maximum absolute atomic E-state index is 11.8. The second-order valence-electron chi connectivity index (χ2n) is 4.36. The first-order valence-corrected chi connectivity index (χ1v) is 7.48. The van der Waals surface area contributed by atoms with E-state index in [1.54, 1.807) is 19.1 Å². The molecule has 0 aliphatic rings. The lowest BCUT2D eigenvalue weighted by molar-refractivity contribution is 0.0532. The Morgan fingerprint density at radius 2 is 2.19 bits per heavy atom. The molecule has 0 saturated carbocycles. The van der Waals surface area contributed by atoms with Gasteiger partial charge in [0.05, 0.1) is 17.7 Å². The van der Waals surface area contributed by atoms with E-state index in [2.05, 4.69) is 4.98 Å². The molecule has 21 heavy (non-hydrogen) atoms. The van der Waals surface area contributed by atoms with Gasteiger partial charge in [0.2, 0.25) is 0 Å². The average Bonchev–Trinajstić information content (AvgIpc) is 2.91. The summed E-state index contributed by atoms with van der Waals surface area (Å²) in [5.41, 5.74) is 1.02. The van der Waals surface area contributed by atoms with E-state index in [-0.39, 0.29) is 11.1 Å². The highest BCUT2D eigenvalue weighted by atomic mass is 35.5. The van der Waals surface area contributed by atoms with Gasteiger partial charge in [-0.25, -0.2) is 9.78 Å². The Morgan fingerprint density at radius 1 is 1.38 bits per heavy atom. The van der Waals surface area contributed by atoms with Crippen molar-refractivity contribution in [2.45, 2.75) is 6.92 Å². The molecule has 0 unspecified atom stereocenters. The van der Waals surface area contributed by atoms with Crippen molar-refractivity contribution in [2.24, 2.45) is 0 Å². The smallest absolute Gasteiger partial charge is 0.348 e. The molecule has 2 heterocycles. The number of halogens is 1. The van der Waals surface area contributed by atoms with Gasteiger partial charge in [0.1, 0.15) is 10.0 Å². The fraction of sp³-hybridized carbons (Fsp3) is 0.133. The second-order valence-corrected chi connectivity index (χ2v) is 5.80. The maximum Gasteiger partial charge on any atom is 0.348 e. The van der Waals surface area contributed by atoms with Crippen LogP contribution >= 0.6 is 22.9 Å². The van der Waals surface area contributed by atoms with Crippen LogP contribution in [-0.2, 0) is 4.74 Å². The summed E-state index contributed by atoms with van der Waals surface area (Å²) in [5, 5.41) is 1.84. The molecule has 6 heteroatoms. The van der Waals surface area contributed by atoms with E-state index >= 15 is 0 Å². The van der Waals surface area contributed by atoms with E-state index in [1.165, 1.54) is 11.3 Å². The van der Waals surface area contributed by atoms with Gasteiger partial charge in [-0.15, -0.1) is 11.3 Å². The van der Waals surface area contributed by atoms with Gasteiger partial charge in [0.25, 0.3) is 0 Å². The van der Waals surface area contributed by atoms with Crippen molar-refractivity contribution in [1.29, 1.82) is 0 Å². The van der Waals surface area contributed by atoms with Crippen LogP contribution in [0.3, 0.4) is 0 Å². The largest absolute Gasteiger partial charge is 0.462 e. The zero-order chi connectivity index (χ0) is 15.0. The zero-order valence-corrected chi connectivity index (χ0v) is 12.6. The first kappa shape index (κ1) is 14.0. The van der Waals surface area contributed by atoms with Crippen LogP contribution in [-0.4, -0.2) is 23.8 Å². The van der Waals surface area contributed by atoms with Crippen LogP contribution in [0.5, 0.6) is 0 Å². The standard InChI is InChI=1S/C15H10ClNO3S/c1-2-20-15(19)13-6-10-9-5-8(7-18)14(16)17-11(9)3-4-12(10)21-13/h3-7H,2H2,1H3. The van der Waals surface area contributed by atoms with E-state index < -0.39 is 0 Å². The second kappa shape index (κ2) is 5.42. The number of aromatic nitrogens is 1. The van der Waals surface area contributed by atoms with Gasteiger partial charge in [-0.2, -0.15) is 0 Å². The van der Waals surface area contributed by atoms with Crippen LogP contribution in [0.25, 0.3) is 21.0 Å². The molecule has 4 nitrogen and oxygen atoms in total. The highest BCUT2D eigenvalue weighted by Gasteiger charge is 2.14. The molecular formula is C15H10ClNO3S. The van der Waals surface area contributed by atoms with Crippen LogP contribution in [0.15, 0.2) is 24.3 Å². The SMILES string of the molecule is CCOC(=O)c1cc2c(ccc3nc(Cl)c(C=O)cc32)s1. The number of hydrogen-bond donors (Lipinski definition) is 0. The van der Waals surface area contributed by atoms with Gasteiger partial charge in [-0.1, -0.05) is 11.6 Å². The molecular weight excluding hydrogens is 310 g/mol. The quantitative estimate of drug-likeness (QED) is 0.414. The molecule has 2 aromatic heterocycles. The average molecular weight is 320 g/mol. The summed E-state index contributed by atoms with van der Waals surface area (Å²) in [7, 11) is 0. The molecule has 0 N–H and O–H groups in total. The zero-order valence-electron chi connectivity index (χ0n) is 11.1. The lowest BCUT2D eigenvalue weighted by Gasteiger charge is -2.02. The molecule has 3 aromatic rings. The summed E-state index contributed by atoms with van der Waals surface area (Å²) in [6, 6.07) is 7.17. The van der Waals surface area contributed by atoms with Crippen molar-refractivity contribution >= 4 is 56.2 Å². The minimum atomic E-state index is -0.343. The van der Waals surface area contributed by atoms with Gasteiger partial charge in [0.15, 0.2) is 6.29 Å². The van der Waals surface area contributed by atoms with E-state index in [4.69, 9.17) is 16.3 Å². The summed E-state index contributed by atoms with van der Waals surface area (Å²) in [5.74, 6) is -0.343. The Balaban J connectivity index is 2.27. The molecule has 0 bridgehead atoms. The van der Waals surface area contributed by atoms with Gasteiger partial charge < -0.3 is 4.74 Å². The maximum atomic E-state index is 11.8. The summed E-state index contributed by atoms with van der Waals surface area (Å²) < 4.78 is 5.95. The van der Waals surface area contributed by atoms with Gasteiger partial charge in [-0.3, -0.25) is 4.79 Å². The topological polar surface area (TPSA) is 56.3 Å². The van der Waals surface area contributed by atoms with Gasteiger partial charge >= 0.3 is 5.97 Å². The van der Waals surface area contributed by atoms with Crippen molar-refractivity contribution < 1.29 is 14.3 Å². The van der Waals surface area contributed by atoms with Crippen LogP contribution in [0, 0.1) is 0 Å². The molecule has 0 spiro atoms. The van der Waals surface area contributed by atoms with Crippen LogP contribution in [0.1, 0.15) is 27.0 Å². The third kappa shape index (κ3) is 2.39. The molecule has 0 aliphatic heterocycles. The molecule has 0 atom stereocenters. The van der Waals surface area contributed by atoms with Crippen molar-refractivity contribution in [2.75, 3.05) is 6.61 Å². The van der Waals surface area contributed by atoms with E-state index in [0.717, 1.165) is 15.5 Å². The number of carbonyl (C=O) groups is 2. The van der Waals surface area contributed by atoms with Crippen molar-refractivity contribution in [3.05, 3.63) is 39.9 Å². The highest BCUT2D eigenvalue weighted by molar-refractivity contribution is 7.20. The number of rotatable bonds is 3. The van der Waals surface area contributed by atoms with E-state index in [1.807, 2.05) is 12.1 Å². The van der Waals surface area contributed by atoms with Crippen molar-refractivity contribution in [3.8, 4) is 0 Å². The number of pyridine rings is 1. The van der Waals surface area contributed by atoms with E-state index in [0.29, 0.717) is 28.9 Å². The number of hydrogen-bond acceptors (Lipinski definition) is 5. The molecule has 0 aliphatic carbocycles. The number of carbonyl (C=O) groups excluding carboxylic acids is 2. The highest BCUT2D eigenvalue weighted by Crippen LogP contribution is 2.33. The summed E-state index contributed by atoms with van der Waals surface area (Å²) in [6.45, 7) is 2.10. The summed E-state index contributed by atoms with van der Waals surface area (Å²) >= 11 is 7.29. The first-order valence-electron chi connectivity index (χ1n) is 6.29. The number of ether oxygens (including phenoxy) is 1. The molecule has 0 radical (unpaired) electrons. The number of aldehydes is 1.